The summed E-state index contributed by atoms with van der Waals surface area (Å²) in [6.45, 7) is 0.522. The molecule has 3 aromatic rings. The van der Waals surface area contributed by atoms with Gasteiger partial charge in [-0.25, -0.2) is 4.98 Å². The number of hydrogen-bond acceptors (Lipinski definition) is 4. The Morgan fingerprint density at radius 1 is 1.00 bits per heavy atom. The van der Waals surface area contributed by atoms with Crippen molar-refractivity contribution in [1.29, 1.82) is 0 Å². The lowest BCUT2D eigenvalue weighted by molar-refractivity contribution is 0.0699. The predicted molar refractivity (Wildman–Crippen MR) is 85.3 cm³/mol. The molecule has 7 heteroatoms. The first-order valence-corrected chi connectivity index (χ1v) is 7.55. The van der Waals surface area contributed by atoms with Gasteiger partial charge in [-0.15, -0.1) is 0 Å². The zero-order valence-corrected chi connectivity index (χ0v) is 13.4. The van der Waals surface area contributed by atoms with Crippen molar-refractivity contribution in [3.05, 3.63) is 76.3 Å². The number of rotatable bonds is 5. The van der Waals surface area contributed by atoms with Crippen molar-refractivity contribution in [1.82, 2.24) is 9.88 Å². The van der Waals surface area contributed by atoms with E-state index in [2.05, 4.69) is 4.98 Å². The molecule has 118 valence electrons. The summed E-state index contributed by atoms with van der Waals surface area (Å²) >= 11 is 12.0. The van der Waals surface area contributed by atoms with E-state index in [0.717, 1.165) is 0 Å². The van der Waals surface area contributed by atoms with Gasteiger partial charge in [0, 0.05) is 0 Å². The van der Waals surface area contributed by atoms with Crippen LogP contribution in [0.4, 0.5) is 0 Å². The molecule has 3 aromatic heterocycles. The average Bonchev–Trinajstić information content (AvgIpc) is 3.22. The first kappa shape index (κ1) is 15.6. The smallest absolute Gasteiger partial charge is 0.274 e. The van der Waals surface area contributed by atoms with Crippen LogP contribution >= 0.6 is 23.2 Å². The molecule has 0 aliphatic rings. The molecular formula is C16H12Cl2N2O3. The second-order valence-electron chi connectivity index (χ2n) is 4.78. The van der Waals surface area contributed by atoms with Gasteiger partial charge in [-0.3, -0.25) is 4.79 Å². The zero-order valence-electron chi connectivity index (χ0n) is 11.9. The molecule has 1 amide bonds. The van der Waals surface area contributed by atoms with Crippen LogP contribution in [0.15, 0.2) is 57.8 Å². The molecule has 0 spiro atoms. The Kier molecular flexibility index (Phi) is 4.69. The van der Waals surface area contributed by atoms with E-state index in [9.17, 15) is 4.79 Å². The summed E-state index contributed by atoms with van der Waals surface area (Å²) in [6.07, 6.45) is 3.10. The minimum absolute atomic E-state index is 0.0947. The standard InChI is InChI=1S/C16H12Cl2N2O3/c17-13-5-6-14(18)19-15(13)16(21)20(9-11-3-1-7-22-11)10-12-4-2-8-23-12/h1-8H,9-10H2. The summed E-state index contributed by atoms with van der Waals surface area (Å²) in [5, 5.41) is 0.442. The molecule has 0 saturated carbocycles. The Morgan fingerprint density at radius 2 is 1.61 bits per heavy atom. The fourth-order valence-electron chi connectivity index (χ4n) is 2.10. The van der Waals surface area contributed by atoms with Crippen molar-refractivity contribution in [3.8, 4) is 0 Å². The molecule has 0 aliphatic carbocycles. The van der Waals surface area contributed by atoms with Crippen LogP contribution in [0.3, 0.4) is 0 Å². The summed E-state index contributed by atoms with van der Waals surface area (Å²) in [5.74, 6) is 0.927. The Labute approximate surface area is 142 Å². The van der Waals surface area contributed by atoms with E-state index in [1.165, 1.54) is 11.0 Å². The highest BCUT2D eigenvalue weighted by Gasteiger charge is 2.22. The van der Waals surface area contributed by atoms with Gasteiger partial charge < -0.3 is 13.7 Å². The van der Waals surface area contributed by atoms with Crippen LogP contribution in [-0.2, 0) is 13.1 Å². The lowest BCUT2D eigenvalue weighted by Crippen LogP contribution is -2.30. The lowest BCUT2D eigenvalue weighted by Gasteiger charge is -2.20. The van der Waals surface area contributed by atoms with Gasteiger partial charge in [-0.2, -0.15) is 0 Å². The lowest BCUT2D eigenvalue weighted by atomic mass is 10.2. The molecular weight excluding hydrogens is 339 g/mol. The summed E-state index contributed by atoms with van der Waals surface area (Å²) in [6, 6.07) is 10.2. The number of furan rings is 2. The van der Waals surface area contributed by atoms with Gasteiger partial charge in [-0.1, -0.05) is 23.2 Å². The van der Waals surface area contributed by atoms with Crippen LogP contribution in [-0.4, -0.2) is 15.8 Å². The predicted octanol–water partition coefficient (Wildman–Crippen LogP) is 4.42. The van der Waals surface area contributed by atoms with Crippen molar-refractivity contribution in [2.75, 3.05) is 0 Å². The fraction of sp³-hybridized carbons (Fsp3) is 0.125. The van der Waals surface area contributed by atoms with E-state index in [0.29, 0.717) is 11.5 Å². The van der Waals surface area contributed by atoms with Gasteiger partial charge in [0.05, 0.1) is 30.6 Å². The first-order chi connectivity index (χ1) is 11.1. The highest BCUT2D eigenvalue weighted by molar-refractivity contribution is 6.34. The topological polar surface area (TPSA) is 59.5 Å². The third-order valence-corrected chi connectivity index (χ3v) is 3.67. The minimum Gasteiger partial charge on any atom is -0.467 e. The number of nitrogens with zero attached hydrogens (tertiary/aromatic N) is 2. The number of carbonyl (C=O) groups is 1. The molecule has 0 N–H and O–H groups in total. The number of carbonyl (C=O) groups excluding carboxylic acids is 1. The summed E-state index contributed by atoms with van der Waals surface area (Å²) in [5.41, 5.74) is 0.0947. The summed E-state index contributed by atoms with van der Waals surface area (Å²) in [4.78, 5) is 18.4. The van der Waals surface area contributed by atoms with Crippen LogP contribution in [0.2, 0.25) is 10.2 Å². The summed E-state index contributed by atoms with van der Waals surface area (Å²) < 4.78 is 10.6. The number of hydrogen-bond donors (Lipinski definition) is 0. The van der Waals surface area contributed by atoms with E-state index in [1.807, 2.05) is 0 Å². The molecule has 23 heavy (non-hydrogen) atoms. The summed E-state index contributed by atoms with van der Waals surface area (Å²) in [7, 11) is 0. The number of pyridine rings is 1. The van der Waals surface area contributed by atoms with Gasteiger partial charge in [0.15, 0.2) is 0 Å². The second kappa shape index (κ2) is 6.89. The molecule has 0 fully saturated rings. The molecule has 0 aromatic carbocycles. The molecule has 0 radical (unpaired) electrons. The molecule has 3 rings (SSSR count). The van der Waals surface area contributed by atoms with Gasteiger partial charge in [0.1, 0.15) is 22.4 Å². The maximum atomic E-state index is 12.8. The largest absolute Gasteiger partial charge is 0.467 e. The van der Waals surface area contributed by atoms with Crippen LogP contribution in [0.5, 0.6) is 0 Å². The van der Waals surface area contributed by atoms with Crippen LogP contribution in [0.1, 0.15) is 22.0 Å². The minimum atomic E-state index is -0.356. The Bertz CT molecular complexity index is 750. The van der Waals surface area contributed by atoms with Crippen LogP contribution in [0, 0.1) is 0 Å². The molecule has 0 saturated heterocycles. The van der Waals surface area contributed by atoms with Crippen LogP contribution < -0.4 is 0 Å². The third-order valence-electron chi connectivity index (χ3n) is 3.16. The van der Waals surface area contributed by atoms with Crippen molar-refractivity contribution in [2.45, 2.75) is 13.1 Å². The van der Waals surface area contributed by atoms with Crippen molar-refractivity contribution in [2.24, 2.45) is 0 Å². The maximum Gasteiger partial charge on any atom is 0.274 e. The monoisotopic (exact) mass is 350 g/mol. The van der Waals surface area contributed by atoms with Crippen molar-refractivity contribution < 1.29 is 13.6 Å². The average molecular weight is 351 g/mol. The third kappa shape index (κ3) is 3.75. The molecule has 0 aliphatic heterocycles. The maximum absolute atomic E-state index is 12.8. The van der Waals surface area contributed by atoms with E-state index in [1.54, 1.807) is 42.9 Å². The van der Waals surface area contributed by atoms with Gasteiger partial charge in [-0.05, 0) is 36.4 Å². The molecule has 0 bridgehead atoms. The molecule has 5 nitrogen and oxygen atoms in total. The number of halogens is 2. The molecule has 3 heterocycles. The number of amides is 1. The zero-order chi connectivity index (χ0) is 16.2. The second-order valence-corrected chi connectivity index (χ2v) is 5.58. The quantitative estimate of drug-likeness (QED) is 0.639. The van der Waals surface area contributed by atoms with Gasteiger partial charge >= 0.3 is 0 Å². The van der Waals surface area contributed by atoms with Crippen molar-refractivity contribution >= 4 is 29.1 Å². The molecule has 0 atom stereocenters. The number of aromatic nitrogens is 1. The van der Waals surface area contributed by atoms with Crippen molar-refractivity contribution in [3.63, 3.8) is 0 Å². The van der Waals surface area contributed by atoms with E-state index < -0.39 is 0 Å². The Morgan fingerprint density at radius 3 is 2.13 bits per heavy atom. The fourth-order valence-corrected chi connectivity index (χ4v) is 2.43. The van der Waals surface area contributed by atoms with Crippen LogP contribution in [0.25, 0.3) is 0 Å². The van der Waals surface area contributed by atoms with E-state index in [4.69, 9.17) is 32.0 Å². The highest BCUT2D eigenvalue weighted by atomic mass is 35.5. The first-order valence-electron chi connectivity index (χ1n) is 6.79. The molecule has 0 unspecified atom stereocenters. The van der Waals surface area contributed by atoms with E-state index >= 15 is 0 Å². The normalized spacial score (nSPS) is 10.7. The Balaban J connectivity index is 1.89. The Hall–Kier alpha value is -2.24. The van der Waals surface area contributed by atoms with E-state index in [-0.39, 0.29) is 34.9 Å². The SMILES string of the molecule is O=C(c1nc(Cl)ccc1Cl)N(Cc1ccco1)Cc1ccco1. The van der Waals surface area contributed by atoms with Gasteiger partial charge in [0.25, 0.3) is 5.91 Å². The van der Waals surface area contributed by atoms with Gasteiger partial charge in [0.2, 0.25) is 0 Å². The highest BCUT2D eigenvalue weighted by Crippen LogP contribution is 2.21.